The van der Waals surface area contributed by atoms with Crippen LogP contribution in [0.25, 0.3) is 0 Å². The molecule has 0 aromatic rings. The van der Waals surface area contributed by atoms with Gasteiger partial charge in [0.05, 0.1) is 0 Å². The van der Waals surface area contributed by atoms with Gasteiger partial charge in [-0.1, -0.05) is 0 Å². The van der Waals surface area contributed by atoms with E-state index in [1.807, 2.05) is 0 Å². The molecule has 0 unspecified atom stereocenters. The fourth-order valence-electron chi connectivity index (χ4n) is 0.192. The lowest BCUT2D eigenvalue weighted by Crippen LogP contribution is -2.28. The Bertz CT molecular complexity index is 132. The van der Waals surface area contributed by atoms with Gasteiger partial charge in [0.15, 0.2) is 0 Å². The van der Waals surface area contributed by atoms with Gasteiger partial charge in [0.2, 0.25) is 0 Å². The quantitative estimate of drug-likeness (QED) is 0.457. The molecule has 0 atom stereocenters. The van der Waals surface area contributed by atoms with Crippen LogP contribution in [0.15, 0.2) is 12.6 Å². The first kappa shape index (κ1) is 9.19. The van der Waals surface area contributed by atoms with Gasteiger partial charge in [-0.2, -0.15) is 22.0 Å². The van der Waals surface area contributed by atoms with E-state index in [0.29, 0.717) is 0 Å². The Hall–Kier alpha value is -0.810. The van der Waals surface area contributed by atoms with Crippen molar-refractivity contribution in [2.45, 2.75) is 12.5 Å². The molecular weight excluding hydrogens is 159 g/mol. The predicted molar refractivity (Wildman–Crippen MR) is 22.3 cm³/mol. The number of hydrogen-bond donors (Lipinski definition) is 0. The van der Waals surface area contributed by atoms with E-state index in [2.05, 4.69) is 11.3 Å². The monoisotopic (exact) mass is 162 g/mol. The Labute approximate surface area is 53.1 Å². The summed E-state index contributed by atoms with van der Waals surface area (Å²) in [7, 11) is 0. The fraction of sp³-hybridized carbons (Fsp3) is 0.500. The SMILES string of the molecule is C=C(F)OC(F)(F)C(F)F. The fourth-order valence-corrected chi connectivity index (χ4v) is 0.192. The Morgan fingerprint density at radius 2 is 1.80 bits per heavy atom. The molecule has 0 aromatic heterocycles. The Kier molecular flexibility index (Phi) is 2.62. The lowest BCUT2D eigenvalue weighted by Gasteiger charge is -2.13. The van der Waals surface area contributed by atoms with E-state index >= 15 is 0 Å². The Morgan fingerprint density at radius 1 is 1.40 bits per heavy atom. The van der Waals surface area contributed by atoms with Gasteiger partial charge in [0.1, 0.15) is 0 Å². The summed E-state index contributed by atoms with van der Waals surface area (Å²) < 4.78 is 59.3. The van der Waals surface area contributed by atoms with Crippen molar-refractivity contribution in [1.29, 1.82) is 0 Å². The number of hydrogen-bond acceptors (Lipinski definition) is 1. The molecule has 0 saturated heterocycles. The highest BCUT2D eigenvalue weighted by atomic mass is 19.3. The molecule has 0 aliphatic rings. The number of alkyl halides is 4. The minimum atomic E-state index is -4.79. The van der Waals surface area contributed by atoms with Crippen molar-refractivity contribution in [2.75, 3.05) is 0 Å². The van der Waals surface area contributed by atoms with Crippen LogP contribution in [0, 0.1) is 0 Å². The highest BCUT2D eigenvalue weighted by molar-refractivity contribution is 4.69. The van der Waals surface area contributed by atoms with Gasteiger partial charge in [0.25, 0.3) is 6.01 Å². The molecule has 0 bridgehead atoms. The molecule has 0 N–H and O–H groups in total. The number of ether oxygens (including phenoxy) is 1. The highest BCUT2D eigenvalue weighted by Gasteiger charge is 2.44. The van der Waals surface area contributed by atoms with E-state index in [4.69, 9.17) is 0 Å². The predicted octanol–water partition coefficient (Wildman–Crippen LogP) is 2.30. The summed E-state index contributed by atoms with van der Waals surface area (Å²) in [5.74, 6) is 0. The van der Waals surface area contributed by atoms with Crippen molar-refractivity contribution in [3.8, 4) is 0 Å². The summed E-state index contributed by atoms with van der Waals surface area (Å²) in [5, 5.41) is 0. The minimum absolute atomic E-state index is 1.94. The Balaban J connectivity index is 3.99. The summed E-state index contributed by atoms with van der Waals surface area (Å²) in [6.07, 6.45) is -8.84. The Morgan fingerprint density at radius 3 is 1.90 bits per heavy atom. The van der Waals surface area contributed by atoms with Crippen LogP contribution in [0.5, 0.6) is 0 Å². The first-order chi connectivity index (χ1) is 4.36. The third-order valence-corrected chi connectivity index (χ3v) is 0.501. The van der Waals surface area contributed by atoms with Gasteiger partial charge in [-0.3, -0.25) is 0 Å². The van der Waals surface area contributed by atoms with Crippen LogP contribution in [0.1, 0.15) is 0 Å². The van der Waals surface area contributed by atoms with E-state index in [1.165, 1.54) is 0 Å². The molecule has 0 aromatic carbocycles. The topological polar surface area (TPSA) is 9.23 Å². The lowest BCUT2D eigenvalue weighted by molar-refractivity contribution is -0.289. The van der Waals surface area contributed by atoms with Gasteiger partial charge in [-0.15, -0.1) is 0 Å². The van der Waals surface area contributed by atoms with Crippen molar-refractivity contribution in [1.82, 2.24) is 0 Å². The van der Waals surface area contributed by atoms with Crippen LogP contribution in [-0.4, -0.2) is 12.5 Å². The second kappa shape index (κ2) is 2.85. The second-order valence-corrected chi connectivity index (χ2v) is 1.32. The lowest BCUT2D eigenvalue weighted by atomic mass is 10.6. The molecule has 60 valence electrons. The zero-order valence-electron chi connectivity index (χ0n) is 4.58. The maximum atomic E-state index is 11.5. The second-order valence-electron chi connectivity index (χ2n) is 1.32. The van der Waals surface area contributed by atoms with Gasteiger partial charge in [-0.25, -0.2) is 0 Å². The molecule has 0 aliphatic carbocycles. The molecule has 0 radical (unpaired) electrons. The van der Waals surface area contributed by atoms with E-state index in [-0.39, 0.29) is 0 Å². The van der Waals surface area contributed by atoms with E-state index in [1.54, 1.807) is 0 Å². The summed E-state index contributed by atoms with van der Waals surface area (Å²) in [4.78, 5) is 0. The average molecular weight is 162 g/mol. The van der Waals surface area contributed by atoms with Crippen molar-refractivity contribution in [3.63, 3.8) is 0 Å². The zero-order valence-corrected chi connectivity index (χ0v) is 4.58. The molecule has 6 heteroatoms. The number of halogens is 5. The molecule has 0 amide bonds. The van der Waals surface area contributed by atoms with Crippen LogP contribution in [-0.2, 0) is 4.74 Å². The standard InChI is InChI=1S/C4H3F5O/c1-2(5)10-4(8,9)3(6)7/h3H,1H2. The molecule has 0 rings (SSSR count). The zero-order chi connectivity index (χ0) is 8.36. The molecule has 0 saturated carbocycles. The summed E-state index contributed by atoms with van der Waals surface area (Å²) in [5.41, 5.74) is 0. The average Bonchev–Trinajstić information content (AvgIpc) is 1.60. The first-order valence-corrected chi connectivity index (χ1v) is 2.05. The molecule has 0 spiro atoms. The van der Waals surface area contributed by atoms with Crippen molar-refractivity contribution in [3.05, 3.63) is 12.6 Å². The number of rotatable bonds is 3. The van der Waals surface area contributed by atoms with Gasteiger partial charge in [-0.05, 0) is 6.58 Å². The van der Waals surface area contributed by atoms with Gasteiger partial charge < -0.3 is 4.74 Å². The highest BCUT2D eigenvalue weighted by Crippen LogP contribution is 2.26. The van der Waals surface area contributed by atoms with E-state index in [9.17, 15) is 22.0 Å². The summed E-state index contributed by atoms with van der Waals surface area (Å²) in [6.45, 7) is 2.22. The molecule has 0 aliphatic heterocycles. The van der Waals surface area contributed by atoms with Crippen molar-refractivity contribution >= 4 is 0 Å². The third-order valence-electron chi connectivity index (χ3n) is 0.501. The van der Waals surface area contributed by atoms with Crippen LogP contribution in [0.3, 0.4) is 0 Å². The van der Waals surface area contributed by atoms with Crippen molar-refractivity contribution in [2.24, 2.45) is 0 Å². The normalized spacial score (nSPS) is 11.8. The largest absolute Gasteiger partial charge is 0.462 e. The third kappa shape index (κ3) is 2.65. The molecular formula is C4H3F5O. The van der Waals surface area contributed by atoms with E-state index < -0.39 is 18.5 Å². The summed E-state index contributed by atoms with van der Waals surface area (Å²) >= 11 is 0. The van der Waals surface area contributed by atoms with E-state index in [0.717, 1.165) is 0 Å². The minimum Gasteiger partial charge on any atom is -0.402 e. The summed E-state index contributed by atoms with van der Waals surface area (Å²) in [6, 6.07) is -1.94. The maximum absolute atomic E-state index is 11.5. The molecule has 1 nitrogen and oxygen atoms in total. The molecule has 10 heavy (non-hydrogen) atoms. The first-order valence-electron chi connectivity index (χ1n) is 2.05. The smallest absolute Gasteiger partial charge is 0.402 e. The van der Waals surface area contributed by atoms with Gasteiger partial charge in [0, 0.05) is 0 Å². The van der Waals surface area contributed by atoms with Crippen LogP contribution in [0.2, 0.25) is 0 Å². The van der Waals surface area contributed by atoms with Crippen LogP contribution in [0.4, 0.5) is 22.0 Å². The molecule has 0 fully saturated rings. The van der Waals surface area contributed by atoms with Crippen LogP contribution >= 0.6 is 0 Å². The van der Waals surface area contributed by atoms with Gasteiger partial charge >= 0.3 is 12.5 Å². The van der Waals surface area contributed by atoms with Crippen molar-refractivity contribution < 1.29 is 26.7 Å². The van der Waals surface area contributed by atoms with Crippen LogP contribution < -0.4 is 0 Å². The maximum Gasteiger partial charge on any atom is 0.462 e. The molecule has 0 heterocycles.